The lowest BCUT2D eigenvalue weighted by Gasteiger charge is -2.25. The van der Waals surface area contributed by atoms with Gasteiger partial charge in [-0.25, -0.2) is 4.57 Å². The van der Waals surface area contributed by atoms with E-state index in [4.69, 9.17) is 9.05 Å². The first-order chi connectivity index (χ1) is 15.4. The largest absolute Gasteiger partial charge is 0.584 e. The van der Waals surface area contributed by atoms with E-state index in [2.05, 4.69) is 75.7 Å². The van der Waals surface area contributed by atoms with Crippen molar-refractivity contribution in [1.82, 2.24) is 0 Å². The minimum Gasteiger partial charge on any atom is -0.395 e. The van der Waals surface area contributed by atoms with Crippen molar-refractivity contribution >= 4 is 55.9 Å². The number of phosphoric ester groups is 1. The van der Waals surface area contributed by atoms with Crippen LogP contribution in [0.3, 0.4) is 0 Å². The van der Waals surface area contributed by atoms with E-state index in [1.807, 2.05) is 24.3 Å². The molecule has 1 heterocycles. The molecule has 0 saturated carbocycles. The van der Waals surface area contributed by atoms with E-state index in [9.17, 15) is 9.46 Å². The molecule has 0 unspecified atom stereocenters. The Morgan fingerprint density at radius 2 is 1.03 bits per heavy atom. The summed E-state index contributed by atoms with van der Waals surface area (Å²) in [5.41, 5.74) is 1.73. The van der Waals surface area contributed by atoms with Crippen molar-refractivity contribution in [3.05, 3.63) is 60.7 Å². The van der Waals surface area contributed by atoms with Gasteiger partial charge in [-0.2, -0.15) is 0 Å². The van der Waals surface area contributed by atoms with Gasteiger partial charge in [0.1, 0.15) is 11.5 Å². The fraction of sp³-hybridized carbons (Fsp3) is 0.231. The highest BCUT2D eigenvalue weighted by Gasteiger charge is 2.40. The standard InChI is InChI=1S/C26H29O4PSi2/c1-32(2,3)21-15-17-11-7-9-13-19(17)23-24-20-14-10-8-12-18(20)16-22(33(4,5)6)26(24)30-31(27,28)29-25(21)23/h7-16H,1-6H3,(H,27,28). The second kappa shape index (κ2) is 7.31. The van der Waals surface area contributed by atoms with Crippen molar-refractivity contribution in [3.8, 4) is 22.6 Å². The quantitative estimate of drug-likeness (QED) is 0.252. The molecule has 0 aromatic heterocycles. The summed E-state index contributed by atoms with van der Waals surface area (Å²) in [7, 11) is -8.31. The molecule has 1 N–H and O–H groups in total. The molecule has 0 atom stereocenters. The predicted octanol–water partition coefficient (Wildman–Crippen LogP) is 6.62. The van der Waals surface area contributed by atoms with Gasteiger partial charge in [0.05, 0.1) is 16.1 Å². The van der Waals surface area contributed by atoms with Crippen LogP contribution in [-0.2, 0) is 4.57 Å². The van der Waals surface area contributed by atoms with Gasteiger partial charge in [0.15, 0.2) is 0 Å². The molecule has 0 bridgehead atoms. The van der Waals surface area contributed by atoms with Crippen LogP contribution in [0, 0.1) is 0 Å². The maximum absolute atomic E-state index is 13.4. The van der Waals surface area contributed by atoms with E-state index in [0.29, 0.717) is 11.5 Å². The molecule has 0 spiro atoms. The average Bonchev–Trinajstić information content (AvgIpc) is 2.84. The molecule has 4 aromatic rings. The van der Waals surface area contributed by atoms with Crippen LogP contribution in [0.2, 0.25) is 39.3 Å². The fourth-order valence-electron chi connectivity index (χ4n) is 4.71. The summed E-state index contributed by atoms with van der Waals surface area (Å²) in [4.78, 5) is 10.9. The third-order valence-corrected chi connectivity index (χ3v) is 11.1. The monoisotopic (exact) mass is 492 g/mol. The van der Waals surface area contributed by atoms with Gasteiger partial charge in [0.25, 0.3) is 0 Å². The van der Waals surface area contributed by atoms with E-state index in [0.717, 1.165) is 43.0 Å². The van der Waals surface area contributed by atoms with E-state index in [1.54, 1.807) is 0 Å². The number of phosphoric acid groups is 1. The zero-order valence-corrected chi connectivity index (χ0v) is 22.8. The van der Waals surface area contributed by atoms with Crippen LogP contribution in [0.15, 0.2) is 60.7 Å². The molecule has 1 aliphatic rings. The molecule has 33 heavy (non-hydrogen) atoms. The fourth-order valence-corrected chi connectivity index (χ4v) is 8.65. The summed E-state index contributed by atoms with van der Waals surface area (Å²) < 4.78 is 25.2. The minimum atomic E-state index is -4.40. The van der Waals surface area contributed by atoms with Crippen LogP contribution in [0.5, 0.6) is 11.5 Å². The lowest BCUT2D eigenvalue weighted by atomic mass is 9.92. The first-order valence-corrected chi connectivity index (χ1v) is 19.7. The molecule has 0 aliphatic carbocycles. The zero-order valence-electron chi connectivity index (χ0n) is 19.9. The van der Waals surface area contributed by atoms with E-state index in [-0.39, 0.29) is 0 Å². The average molecular weight is 493 g/mol. The summed E-state index contributed by atoms with van der Waals surface area (Å²) in [6.07, 6.45) is 0. The Hall–Kier alpha value is -2.38. The molecule has 4 nitrogen and oxygen atoms in total. The Kier molecular flexibility index (Phi) is 4.97. The molecule has 5 rings (SSSR count). The van der Waals surface area contributed by atoms with Crippen molar-refractivity contribution in [1.29, 1.82) is 0 Å². The van der Waals surface area contributed by atoms with Crippen LogP contribution < -0.4 is 19.4 Å². The Labute approximate surface area is 196 Å². The molecule has 4 aromatic carbocycles. The van der Waals surface area contributed by atoms with Crippen LogP contribution >= 0.6 is 7.82 Å². The van der Waals surface area contributed by atoms with Crippen LogP contribution in [-0.4, -0.2) is 21.0 Å². The molecule has 0 saturated heterocycles. The molecule has 0 fully saturated rings. The van der Waals surface area contributed by atoms with Gasteiger partial charge in [-0.1, -0.05) is 99.9 Å². The Balaban J connectivity index is 2.10. The minimum absolute atomic E-state index is 0.496. The zero-order chi connectivity index (χ0) is 23.8. The first kappa shape index (κ1) is 22.4. The number of benzene rings is 4. The number of fused-ring (bicyclic) bond motifs is 7. The lowest BCUT2D eigenvalue weighted by molar-refractivity contribution is 0.296. The van der Waals surface area contributed by atoms with Gasteiger partial charge in [-0.15, -0.1) is 0 Å². The topological polar surface area (TPSA) is 55.8 Å². The van der Waals surface area contributed by atoms with Gasteiger partial charge >= 0.3 is 7.82 Å². The third-order valence-electron chi connectivity index (χ3n) is 6.28. The number of rotatable bonds is 2. The summed E-state index contributed by atoms with van der Waals surface area (Å²) >= 11 is 0. The molecular formula is C26H29O4PSi2. The van der Waals surface area contributed by atoms with Gasteiger partial charge in [0, 0.05) is 11.1 Å². The highest BCUT2D eigenvalue weighted by atomic mass is 31.2. The lowest BCUT2D eigenvalue weighted by Crippen LogP contribution is -2.39. The van der Waals surface area contributed by atoms with Gasteiger partial charge in [0.2, 0.25) is 0 Å². The van der Waals surface area contributed by atoms with Gasteiger partial charge < -0.3 is 9.05 Å². The predicted molar refractivity (Wildman–Crippen MR) is 144 cm³/mol. The first-order valence-electron chi connectivity index (χ1n) is 11.2. The maximum atomic E-state index is 13.4. The highest BCUT2D eigenvalue weighted by Crippen LogP contribution is 2.56. The van der Waals surface area contributed by atoms with Crippen molar-refractivity contribution in [3.63, 3.8) is 0 Å². The van der Waals surface area contributed by atoms with Crippen molar-refractivity contribution < 1.29 is 18.5 Å². The van der Waals surface area contributed by atoms with Gasteiger partial charge in [-0.05, 0) is 31.9 Å². The van der Waals surface area contributed by atoms with Crippen molar-refractivity contribution in [2.24, 2.45) is 0 Å². The Morgan fingerprint density at radius 1 is 0.667 bits per heavy atom. The van der Waals surface area contributed by atoms with E-state index in [1.165, 1.54) is 0 Å². The highest BCUT2D eigenvalue weighted by molar-refractivity contribution is 7.48. The maximum Gasteiger partial charge on any atom is 0.584 e. The van der Waals surface area contributed by atoms with Crippen molar-refractivity contribution in [2.45, 2.75) is 39.3 Å². The third kappa shape index (κ3) is 3.75. The van der Waals surface area contributed by atoms with Crippen LogP contribution in [0.4, 0.5) is 0 Å². The van der Waals surface area contributed by atoms with Gasteiger partial charge in [-0.3, -0.25) is 4.89 Å². The normalized spacial score (nSPS) is 15.4. The Bertz CT molecular complexity index is 1370. The summed E-state index contributed by atoms with van der Waals surface area (Å²) in [5.74, 6) is 0.991. The molecule has 7 heteroatoms. The second-order valence-electron chi connectivity index (χ2n) is 10.8. The number of hydrogen-bond donors (Lipinski definition) is 1. The van der Waals surface area contributed by atoms with E-state index < -0.39 is 24.0 Å². The number of hydrogen-bond acceptors (Lipinski definition) is 3. The van der Waals surface area contributed by atoms with Crippen LogP contribution in [0.1, 0.15) is 0 Å². The molecule has 0 amide bonds. The second-order valence-corrected chi connectivity index (χ2v) is 22.2. The summed E-state index contributed by atoms with van der Waals surface area (Å²) in [6.45, 7) is 13.4. The summed E-state index contributed by atoms with van der Waals surface area (Å²) in [5, 5.41) is 6.23. The van der Waals surface area contributed by atoms with E-state index >= 15 is 0 Å². The summed E-state index contributed by atoms with van der Waals surface area (Å²) in [6, 6.07) is 20.7. The molecule has 1 aliphatic heterocycles. The van der Waals surface area contributed by atoms with Crippen molar-refractivity contribution in [2.75, 3.05) is 0 Å². The van der Waals surface area contributed by atoms with Crippen LogP contribution in [0.25, 0.3) is 32.7 Å². The SMILES string of the molecule is C[Si](C)(C)c1cc2ccccc2c2c1OP(=O)(O)Oc1c([Si](C)(C)C)cc3ccccc3c1-2. The molecular weight excluding hydrogens is 463 g/mol. The smallest absolute Gasteiger partial charge is 0.395 e. The molecule has 0 radical (unpaired) electrons. The molecule has 170 valence electrons. The Morgan fingerprint density at radius 3 is 1.39 bits per heavy atom.